The van der Waals surface area contributed by atoms with Gasteiger partial charge in [0.25, 0.3) is 0 Å². The molecule has 1 aromatic carbocycles. The average molecular weight is 453 g/mol. The SMILES string of the molecule is Oc1ccc2c3c1O[C@H]1[C@@H](I)CCC4(O)[C@@H](C2)N(CC2CC2)CC[C@]314. The molecule has 0 radical (unpaired) electrons. The molecule has 4 nitrogen and oxygen atoms in total. The molecular formula is C20H24INO3. The number of rotatable bonds is 2. The molecule has 5 heteroatoms. The van der Waals surface area contributed by atoms with E-state index in [2.05, 4.69) is 33.6 Å². The van der Waals surface area contributed by atoms with E-state index < -0.39 is 5.60 Å². The van der Waals surface area contributed by atoms with Crippen LogP contribution in [0.1, 0.15) is 43.2 Å². The molecule has 2 aliphatic heterocycles. The van der Waals surface area contributed by atoms with Crippen molar-refractivity contribution >= 4 is 22.6 Å². The quantitative estimate of drug-likeness (QED) is 0.535. The molecule has 2 heterocycles. The van der Waals surface area contributed by atoms with Crippen molar-refractivity contribution in [1.82, 2.24) is 4.90 Å². The lowest BCUT2D eigenvalue weighted by atomic mass is 9.49. The van der Waals surface area contributed by atoms with Gasteiger partial charge in [0.2, 0.25) is 0 Å². The van der Waals surface area contributed by atoms with Crippen LogP contribution in [-0.4, -0.2) is 49.9 Å². The third kappa shape index (κ3) is 1.76. The number of piperidine rings is 1. The molecule has 3 fully saturated rings. The zero-order valence-electron chi connectivity index (χ0n) is 14.2. The minimum atomic E-state index is -0.724. The van der Waals surface area contributed by atoms with E-state index in [1.54, 1.807) is 6.07 Å². The fourth-order valence-corrected chi connectivity index (χ4v) is 7.49. The maximum Gasteiger partial charge on any atom is 0.165 e. The fraction of sp³-hybridized carbons (Fsp3) is 0.700. The van der Waals surface area contributed by atoms with Crippen molar-refractivity contribution in [1.29, 1.82) is 0 Å². The summed E-state index contributed by atoms with van der Waals surface area (Å²) < 4.78 is 6.76. The van der Waals surface area contributed by atoms with Crippen molar-refractivity contribution < 1.29 is 14.9 Å². The summed E-state index contributed by atoms with van der Waals surface area (Å²) >= 11 is 2.50. The third-order valence-electron chi connectivity index (χ3n) is 7.69. The van der Waals surface area contributed by atoms with Crippen LogP contribution in [0.2, 0.25) is 0 Å². The van der Waals surface area contributed by atoms with E-state index in [9.17, 15) is 10.2 Å². The van der Waals surface area contributed by atoms with Gasteiger partial charge in [-0.1, -0.05) is 28.7 Å². The number of alkyl halides is 1. The molecule has 0 amide bonds. The molecule has 25 heavy (non-hydrogen) atoms. The second kappa shape index (κ2) is 4.84. The maximum atomic E-state index is 12.1. The minimum absolute atomic E-state index is 0.0141. The Balaban J connectivity index is 1.57. The van der Waals surface area contributed by atoms with Crippen LogP contribution in [0, 0.1) is 5.92 Å². The number of ether oxygens (including phenoxy) is 1. The van der Waals surface area contributed by atoms with Crippen molar-refractivity contribution in [3.8, 4) is 11.5 Å². The highest BCUT2D eigenvalue weighted by molar-refractivity contribution is 14.1. The molecule has 3 aliphatic carbocycles. The van der Waals surface area contributed by atoms with Gasteiger partial charge in [-0.3, -0.25) is 4.90 Å². The summed E-state index contributed by atoms with van der Waals surface area (Å²) in [4.78, 5) is 2.58. The van der Waals surface area contributed by atoms with E-state index in [0.717, 1.165) is 50.3 Å². The van der Waals surface area contributed by atoms with Gasteiger partial charge in [0.1, 0.15) is 6.10 Å². The van der Waals surface area contributed by atoms with Crippen LogP contribution >= 0.6 is 22.6 Å². The Hall–Kier alpha value is -0.530. The van der Waals surface area contributed by atoms with E-state index in [1.807, 2.05) is 0 Å². The number of phenols is 1. The molecule has 0 aromatic heterocycles. The average Bonchev–Trinajstić information content (AvgIpc) is 3.32. The zero-order valence-corrected chi connectivity index (χ0v) is 16.4. The molecule has 134 valence electrons. The number of benzene rings is 1. The van der Waals surface area contributed by atoms with Crippen molar-refractivity contribution in [2.24, 2.45) is 5.92 Å². The van der Waals surface area contributed by atoms with Gasteiger partial charge in [0.05, 0.1) is 11.0 Å². The smallest absolute Gasteiger partial charge is 0.165 e. The lowest BCUT2D eigenvalue weighted by Crippen LogP contribution is -2.76. The fourth-order valence-electron chi connectivity index (χ4n) is 6.42. The Kier molecular flexibility index (Phi) is 3.01. The van der Waals surface area contributed by atoms with Gasteiger partial charge in [-0.2, -0.15) is 0 Å². The van der Waals surface area contributed by atoms with Crippen LogP contribution in [0.15, 0.2) is 12.1 Å². The summed E-state index contributed by atoms with van der Waals surface area (Å²) in [6, 6.07) is 4.06. The molecule has 5 atom stereocenters. The Morgan fingerprint density at radius 3 is 2.88 bits per heavy atom. The second-order valence-electron chi connectivity index (χ2n) is 8.84. The van der Waals surface area contributed by atoms with Crippen LogP contribution in [0.5, 0.6) is 11.5 Å². The van der Waals surface area contributed by atoms with E-state index in [1.165, 1.54) is 18.4 Å². The van der Waals surface area contributed by atoms with Gasteiger partial charge in [0.15, 0.2) is 11.5 Å². The van der Waals surface area contributed by atoms with E-state index >= 15 is 0 Å². The first-order valence-corrected chi connectivity index (χ1v) is 10.9. The first-order chi connectivity index (χ1) is 12.0. The first kappa shape index (κ1) is 15.5. The Morgan fingerprint density at radius 1 is 1.24 bits per heavy atom. The summed E-state index contributed by atoms with van der Waals surface area (Å²) in [5.41, 5.74) is 1.38. The Morgan fingerprint density at radius 2 is 2.08 bits per heavy atom. The molecule has 2 bridgehead atoms. The molecule has 2 saturated carbocycles. The van der Waals surface area contributed by atoms with Crippen molar-refractivity contribution in [3.63, 3.8) is 0 Å². The topological polar surface area (TPSA) is 52.9 Å². The van der Waals surface area contributed by atoms with Gasteiger partial charge in [-0.15, -0.1) is 0 Å². The van der Waals surface area contributed by atoms with Crippen molar-refractivity contribution in [2.45, 2.75) is 65.6 Å². The summed E-state index contributed by atoms with van der Waals surface area (Å²) in [6.45, 7) is 2.18. The van der Waals surface area contributed by atoms with Gasteiger partial charge in [0, 0.05) is 22.1 Å². The van der Waals surface area contributed by atoms with E-state index in [-0.39, 0.29) is 23.3 Å². The molecule has 5 aliphatic rings. The van der Waals surface area contributed by atoms with Gasteiger partial charge in [-0.25, -0.2) is 0 Å². The van der Waals surface area contributed by atoms with Crippen LogP contribution in [0.25, 0.3) is 0 Å². The number of aliphatic hydroxyl groups is 1. The first-order valence-electron chi connectivity index (χ1n) is 9.67. The standard InChI is InChI=1S/C20H24INO3/c21-13-5-6-20(24)15-9-12-3-4-14(23)17-16(12)19(20,18(13)25-17)7-8-22(15)10-11-1-2-11/h3-4,11,13,15,18,23-24H,1-2,5-10H2/t13-,15+,18-,19-,20?/m0/s1. The second-order valence-corrected chi connectivity index (χ2v) is 10.4. The normalized spacial score (nSPS) is 44.3. The number of phenolic OH excluding ortho intramolecular Hbond substituents is 1. The predicted octanol–water partition coefficient (Wildman–Crippen LogP) is 2.76. The van der Waals surface area contributed by atoms with E-state index in [4.69, 9.17) is 4.74 Å². The number of likely N-dealkylation sites (tertiary alicyclic amines) is 1. The molecule has 6 rings (SSSR count). The van der Waals surface area contributed by atoms with Crippen LogP contribution in [0.3, 0.4) is 0 Å². The van der Waals surface area contributed by atoms with Crippen LogP contribution < -0.4 is 4.74 Å². The maximum absolute atomic E-state index is 12.1. The number of halogens is 1. The largest absolute Gasteiger partial charge is 0.504 e. The van der Waals surface area contributed by atoms with Gasteiger partial charge < -0.3 is 14.9 Å². The molecular weight excluding hydrogens is 429 g/mol. The van der Waals surface area contributed by atoms with Crippen LogP contribution in [0.4, 0.5) is 0 Å². The summed E-state index contributed by atoms with van der Waals surface area (Å²) in [5, 5.41) is 22.6. The Bertz CT molecular complexity index is 766. The molecule has 2 N–H and O–H groups in total. The number of hydrogen-bond acceptors (Lipinski definition) is 4. The van der Waals surface area contributed by atoms with Crippen LogP contribution in [-0.2, 0) is 11.8 Å². The minimum Gasteiger partial charge on any atom is -0.504 e. The molecule has 1 saturated heterocycles. The Labute approximate surface area is 161 Å². The van der Waals surface area contributed by atoms with E-state index in [0.29, 0.717) is 9.67 Å². The number of hydrogen-bond donors (Lipinski definition) is 2. The predicted molar refractivity (Wildman–Crippen MR) is 103 cm³/mol. The molecule has 1 aromatic rings. The summed E-state index contributed by atoms with van der Waals surface area (Å²) in [5.74, 6) is 1.75. The summed E-state index contributed by atoms with van der Waals surface area (Å²) in [6.07, 6.45) is 6.35. The van der Waals surface area contributed by atoms with Crippen molar-refractivity contribution in [2.75, 3.05) is 13.1 Å². The lowest BCUT2D eigenvalue weighted by molar-refractivity contribution is -0.182. The third-order valence-corrected chi connectivity index (χ3v) is 8.97. The highest BCUT2D eigenvalue weighted by atomic mass is 127. The lowest BCUT2D eigenvalue weighted by Gasteiger charge is -2.63. The number of aromatic hydroxyl groups is 1. The monoisotopic (exact) mass is 453 g/mol. The van der Waals surface area contributed by atoms with Gasteiger partial charge in [-0.05, 0) is 62.6 Å². The summed E-state index contributed by atoms with van der Waals surface area (Å²) in [7, 11) is 0. The van der Waals surface area contributed by atoms with Gasteiger partial charge >= 0.3 is 0 Å². The van der Waals surface area contributed by atoms with Crippen molar-refractivity contribution in [3.05, 3.63) is 23.3 Å². The highest BCUT2D eigenvalue weighted by Crippen LogP contribution is 2.66. The zero-order chi connectivity index (χ0) is 17.0. The highest BCUT2D eigenvalue weighted by Gasteiger charge is 2.72. The number of nitrogens with zero attached hydrogens (tertiary/aromatic N) is 1. The molecule has 1 unspecified atom stereocenters. The molecule has 1 spiro atoms.